The van der Waals surface area contributed by atoms with Crippen molar-refractivity contribution in [1.82, 2.24) is 20.2 Å². The van der Waals surface area contributed by atoms with Crippen LogP contribution < -0.4 is 10.1 Å². The van der Waals surface area contributed by atoms with Gasteiger partial charge in [-0.3, -0.25) is 4.79 Å². The Kier molecular flexibility index (Phi) is 5.03. The molecule has 7 heteroatoms. The van der Waals surface area contributed by atoms with E-state index in [-0.39, 0.29) is 5.91 Å². The molecular formula is C18H19N5O2. The summed E-state index contributed by atoms with van der Waals surface area (Å²) < 4.78 is 6.79. The fourth-order valence-electron chi connectivity index (χ4n) is 2.59. The molecule has 3 rings (SSSR count). The third-order valence-corrected chi connectivity index (χ3v) is 3.87. The number of hydrogen-bond donors (Lipinski definition) is 1. The Bertz CT molecular complexity index is 834. The number of hydrogen-bond acceptors (Lipinski definition) is 5. The van der Waals surface area contributed by atoms with Crippen LogP contribution in [0.1, 0.15) is 17.2 Å². The van der Waals surface area contributed by atoms with E-state index in [0.717, 1.165) is 11.1 Å². The molecule has 2 aromatic carbocycles. The highest BCUT2D eigenvalue weighted by molar-refractivity contribution is 5.95. The number of anilines is 1. The van der Waals surface area contributed by atoms with E-state index < -0.39 is 6.04 Å². The molecular weight excluding hydrogens is 318 g/mol. The van der Waals surface area contributed by atoms with Gasteiger partial charge < -0.3 is 10.1 Å². The van der Waals surface area contributed by atoms with Crippen LogP contribution in [0.2, 0.25) is 0 Å². The first-order chi connectivity index (χ1) is 12.2. The summed E-state index contributed by atoms with van der Waals surface area (Å²) in [5, 5.41) is 14.1. The van der Waals surface area contributed by atoms with Crippen molar-refractivity contribution in [2.24, 2.45) is 0 Å². The number of rotatable bonds is 6. The van der Waals surface area contributed by atoms with Gasteiger partial charge in [0.1, 0.15) is 18.1 Å². The number of benzene rings is 2. The molecule has 0 fully saturated rings. The van der Waals surface area contributed by atoms with Gasteiger partial charge in [-0.15, -0.1) is 5.10 Å². The molecule has 1 aromatic heterocycles. The van der Waals surface area contributed by atoms with Gasteiger partial charge in [-0.05, 0) is 40.6 Å². The number of nitrogens with one attached hydrogen (secondary N) is 1. The van der Waals surface area contributed by atoms with Crippen LogP contribution in [0.5, 0.6) is 5.75 Å². The highest BCUT2D eigenvalue weighted by atomic mass is 16.5. The number of carbonyl (C=O) groups is 1. The van der Waals surface area contributed by atoms with Gasteiger partial charge in [-0.25, -0.2) is 4.68 Å². The zero-order chi connectivity index (χ0) is 17.6. The van der Waals surface area contributed by atoms with Crippen molar-refractivity contribution in [1.29, 1.82) is 0 Å². The monoisotopic (exact) mass is 337 g/mol. The summed E-state index contributed by atoms with van der Waals surface area (Å²) in [5.41, 5.74) is 2.67. The maximum atomic E-state index is 12.9. The van der Waals surface area contributed by atoms with Crippen LogP contribution in [0.3, 0.4) is 0 Å². The van der Waals surface area contributed by atoms with Crippen molar-refractivity contribution in [3.8, 4) is 5.75 Å². The maximum Gasteiger partial charge on any atom is 0.249 e. The van der Waals surface area contributed by atoms with Gasteiger partial charge in [0.15, 0.2) is 0 Å². The number of aryl methyl sites for hydroxylation is 1. The van der Waals surface area contributed by atoms with Gasteiger partial charge in [0, 0.05) is 6.42 Å². The molecule has 25 heavy (non-hydrogen) atoms. The van der Waals surface area contributed by atoms with E-state index in [1.165, 1.54) is 11.0 Å². The summed E-state index contributed by atoms with van der Waals surface area (Å²) in [5.74, 6) is 0.397. The van der Waals surface area contributed by atoms with E-state index in [0.29, 0.717) is 17.9 Å². The van der Waals surface area contributed by atoms with Crippen molar-refractivity contribution in [3.05, 3.63) is 66.0 Å². The summed E-state index contributed by atoms with van der Waals surface area (Å²) in [6.07, 6.45) is 1.92. The quantitative estimate of drug-likeness (QED) is 0.747. The second kappa shape index (κ2) is 7.57. The smallest absolute Gasteiger partial charge is 0.249 e. The second-order valence-corrected chi connectivity index (χ2v) is 5.69. The lowest BCUT2D eigenvalue weighted by molar-refractivity contribution is -0.119. The van der Waals surface area contributed by atoms with E-state index in [1.54, 1.807) is 7.11 Å². The Morgan fingerprint density at radius 1 is 1.24 bits per heavy atom. The lowest BCUT2D eigenvalue weighted by atomic mass is 10.1. The second-order valence-electron chi connectivity index (χ2n) is 5.69. The number of ether oxygens (including phenoxy) is 1. The Morgan fingerprint density at radius 2 is 2.04 bits per heavy atom. The summed E-state index contributed by atoms with van der Waals surface area (Å²) in [6, 6.07) is 14.8. The fourth-order valence-corrected chi connectivity index (χ4v) is 2.59. The van der Waals surface area contributed by atoms with E-state index in [4.69, 9.17) is 4.74 Å². The van der Waals surface area contributed by atoms with Crippen molar-refractivity contribution < 1.29 is 9.53 Å². The van der Waals surface area contributed by atoms with E-state index in [2.05, 4.69) is 20.8 Å². The Balaban J connectivity index is 1.86. The third kappa shape index (κ3) is 4.00. The minimum atomic E-state index is -0.567. The minimum Gasteiger partial charge on any atom is -0.495 e. The molecule has 0 unspecified atom stereocenters. The van der Waals surface area contributed by atoms with Crippen molar-refractivity contribution in [2.75, 3.05) is 12.4 Å². The normalized spacial score (nSPS) is 11.8. The first kappa shape index (κ1) is 16.6. The molecule has 0 aliphatic carbocycles. The largest absolute Gasteiger partial charge is 0.495 e. The van der Waals surface area contributed by atoms with Gasteiger partial charge in [0.05, 0.1) is 12.8 Å². The van der Waals surface area contributed by atoms with Gasteiger partial charge in [-0.1, -0.05) is 36.4 Å². The van der Waals surface area contributed by atoms with Crippen LogP contribution >= 0.6 is 0 Å². The molecule has 1 N–H and O–H groups in total. The molecule has 0 aliphatic heterocycles. The number of methoxy groups -OCH3 is 1. The van der Waals surface area contributed by atoms with Crippen LogP contribution in [0.25, 0.3) is 0 Å². The van der Waals surface area contributed by atoms with Crippen molar-refractivity contribution in [2.45, 2.75) is 19.4 Å². The molecule has 1 amide bonds. The van der Waals surface area contributed by atoms with E-state index in [1.807, 2.05) is 55.5 Å². The Morgan fingerprint density at radius 3 is 2.72 bits per heavy atom. The molecule has 0 spiro atoms. The lowest BCUT2D eigenvalue weighted by Gasteiger charge is -2.18. The summed E-state index contributed by atoms with van der Waals surface area (Å²) in [7, 11) is 1.57. The molecule has 0 saturated heterocycles. The topological polar surface area (TPSA) is 81.9 Å². The number of amides is 1. The summed E-state index contributed by atoms with van der Waals surface area (Å²) in [6.45, 7) is 1.96. The minimum absolute atomic E-state index is 0.208. The lowest BCUT2D eigenvalue weighted by Crippen LogP contribution is -2.28. The average Bonchev–Trinajstić information content (AvgIpc) is 3.15. The molecule has 7 nitrogen and oxygen atoms in total. The predicted molar refractivity (Wildman–Crippen MR) is 93.4 cm³/mol. The standard InChI is InChI=1S/C18H19N5O2/c1-13-8-9-17(25-2)15(10-13)20-18(24)16(23-12-19-21-22-23)11-14-6-4-3-5-7-14/h3-10,12,16H,11H2,1-2H3,(H,20,24)/t16-/m1/s1. The van der Waals surface area contributed by atoms with Crippen LogP contribution in [0.15, 0.2) is 54.9 Å². The first-order valence-electron chi connectivity index (χ1n) is 7.89. The molecule has 1 atom stereocenters. The molecule has 3 aromatic rings. The molecule has 1 heterocycles. The third-order valence-electron chi connectivity index (χ3n) is 3.87. The Labute approximate surface area is 145 Å². The van der Waals surface area contributed by atoms with Crippen molar-refractivity contribution >= 4 is 11.6 Å². The summed E-state index contributed by atoms with van der Waals surface area (Å²) >= 11 is 0. The van der Waals surface area contributed by atoms with Crippen molar-refractivity contribution in [3.63, 3.8) is 0 Å². The predicted octanol–water partition coefficient (Wildman–Crippen LogP) is 2.41. The highest BCUT2D eigenvalue weighted by Crippen LogP contribution is 2.26. The van der Waals surface area contributed by atoms with Gasteiger partial charge in [0.2, 0.25) is 5.91 Å². The van der Waals surface area contributed by atoms with Crippen LogP contribution in [0, 0.1) is 6.92 Å². The average molecular weight is 337 g/mol. The van der Waals surface area contributed by atoms with Gasteiger partial charge >= 0.3 is 0 Å². The highest BCUT2D eigenvalue weighted by Gasteiger charge is 2.23. The van der Waals surface area contributed by atoms with Gasteiger partial charge in [-0.2, -0.15) is 0 Å². The number of nitrogens with zero attached hydrogens (tertiary/aromatic N) is 4. The molecule has 0 radical (unpaired) electrons. The molecule has 128 valence electrons. The van der Waals surface area contributed by atoms with Crippen LogP contribution in [-0.2, 0) is 11.2 Å². The fraction of sp³-hybridized carbons (Fsp3) is 0.222. The van der Waals surface area contributed by atoms with Crippen LogP contribution in [-0.4, -0.2) is 33.2 Å². The number of tetrazole rings is 1. The SMILES string of the molecule is COc1ccc(C)cc1NC(=O)[C@@H](Cc1ccccc1)n1cnnn1. The van der Waals surface area contributed by atoms with E-state index >= 15 is 0 Å². The Hall–Kier alpha value is -3.22. The van der Waals surface area contributed by atoms with E-state index in [9.17, 15) is 4.79 Å². The number of carbonyl (C=O) groups excluding carboxylic acids is 1. The first-order valence-corrected chi connectivity index (χ1v) is 7.89. The number of aromatic nitrogens is 4. The van der Waals surface area contributed by atoms with Crippen LogP contribution in [0.4, 0.5) is 5.69 Å². The zero-order valence-corrected chi connectivity index (χ0v) is 14.1. The zero-order valence-electron chi connectivity index (χ0n) is 14.1. The molecule has 0 bridgehead atoms. The van der Waals surface area contributed by atoms with Gasteiger partial charge in [0.25, 0.3) is 0 Å². The molecule has 0 aliphatic rings. The maximum absolute atomic E-state index is 12.9. The summed E-state index contributed by atoms with van der Waals surface area (Å²) in [4.78, 5) is 12.9. The molecule has 0 saturated carbocycles.